The van der Waals surface area contributed by atoms with Crippen LogP contribution in [0.2, 0.25) is 0 Å². The van der Waals surface area contributed by atoms with Crippen LogP contribution in [0.15, 0.2) is 42.5 Å². The highest BCUT2D eigenvalue weighted by Crippen LogP contribution is 2.20. The summed E-state index contributed by atoms with van der Waals surface area (Å²) in [5.41, 5.74) is 3.95. The van der Waals surface area contributed by atoms with E-state index in [1.165, 1.54) is 0 Å². The van der Waals surface area contributed by atoms with Crippen molar-refractivity contribution in [3.63, 3.8) is 0 Å². The monoisotopic (exact) mass is 354 g/mol. The summed E-state index contributed by atoms with van der Waals surface area (Å²) >= 11 is 0. The van der Waals surface area contributed by atoms with Gasteiger partial charge >= 0.3 is 0 Å². The molecule has 1 heterocycles. The van der Waals surface area contributed by atoms with Crippen molar-refractivity contribution in [1.82, 2.24) is 0 Å². The molecule has 5 nitrogen and oxygen atoms in total. The van der Waals surface area contributed by atoms with Crippen LogP contribution in [-0.2, 0) is 9.53 Å². The van der Waals surface area contributed by atoms with Crippen molar-refractivity contribution in [2.45, 2.75) is 32.8 Å². The van der Waals surface area contributed by atoms with Crippen molar-refractivity contribution in [2.75, 3.05) is 30.4 Å². The number of benzene rings is 2. The maximum absolute atomic E-state index is 12.2. The number of rotatable bonds is 7. The van der Waals surface area contributed by atoms with Gasteiger partial charge in [-0.3, -0.25) is 4.79 Å². The van der Waals surface area contributed by atoms with Gasteiger partial charge in [-0.1, -0.05) is 18.2 Å². The number of nitrogens with one attached hydrogen (secondary N) is 2. The molecular formula is C21H26N2O3. The van der Waals surface area contributed by atoms with Gasteiger partial charge in [0.25, 0.3) is 0 Å². The maximum Gasteiger partial charge on any atom is 0.243 e. The molecule has 2 aromatic carbocycles. The summed E-state index contributed by atoms with van der Waals surface area (Å²) in [7, 11) is 0. The zero-order chi connectivity index (χ0) is 18.4. The number of hydrogen-bond donors (Lipinski definition) is 2. The van der Waals surface area contributed by atoms with Gasteiger partial charge in [0, 0.05) is 24.0 Å². The van der Waals surface area contributed by atoms with E-state index >= 15 is 0 Å². The van der Waals surface area contributed by atoms with Gasteiger partial charge in [0.15, 0.2) is 0 Å². The summed E-state index contributed by atoms with van der Waals surface area (Å²) in [6.07, 6.45) is 2.34. The zero-order valence-electron chi connectivity index (χ0n) is 15.4. The highest BCUT2D eigenvalue weighted by molar-refractivity contribution is 5.94. The lowest BCUT2D eigenvalue weighted by molar-refractivity contribution is -0.114. The Kier molecular flexibility index (Phi) is 6.12. The van der Waals surface area contributed by atoms with Crippen LogP contribution in [0.4, 0.5) is 11.4 Å². The van der Waals surface area contributed by atoms with Crippen LogP contribution in [-0.4, -0.2) is 31.8 Å². The number of amides is 1. The van der Waals surface area contributed by atoms with Gasteiger partial charge in [0.1, 0.15) is 12.4 Å². The molecule has 2 N–H and O–H groups in total. The first-order chi connectivity index (χ1) is 12.6. The van der Waals surface area contributed by atoms with E-state index in [-0.39, 0.29) is 18.6 Å². The van der Waals surface area contributed by atoms with Gasteiger partial charge < -0.3 is 20.1 Å². The van der Waals surface area contributed by atoms with Gasteiger partial charge in [-0.2, -0.15) is 0 Å². The van der Waals surface area contributed by atoms with Crippen LogP contribution in [0.5, 0.6) is 5.75 Å². The van der Waals surface area contributed by atoms with Crippen molar-refractivity contribution in [2.24, 2.45) is 0 Å². The van der Waals surface area contributed by atoms with Crippen molar-refractivity contribution in [1.29, 1.82) is 0 Å². The van der Waals surface area contributed by atoms with Crippen molar-refractivity contribution >= 4 is 17.3 Å². The molecule has 1 fully saturated rings. The summed E-state index contributed by atoms with van der Waals surface area (Å²) in [6.45, 7) is 5.63. The topological polar surface area (TPSA) is 59.6 Å². The molecule has 1 atom stereocenters. The molecule has 1 aliphatic rings. The van der Waals surface area contributed by atoms with E-state index < -0.39 is 0 Å². The lowest BCUT2D eigenvalue weighted by atomic mass is 10.1. The van der Waals surface area contributed by atoms with E-state index in [2.05, 4.69) is 10.6 Å². The molecule has 0 aromatic heterocycles. The summed E-state index contributed by atoms with van der Waals surface area (Å²) in [4.78, 5) is 12.2. The second-order valence-corrected chi connectivity index (χ2v) is 6.62. The van der Waals surface area contributed by atoms with Crippen LogP contribution in [0.25, 0.3) is 0 Å². The fourth-order valence-corrected chi connectivity index (χ4v) is 2.92. The van der Waals surface area contributed by atoms with E-state index in [9.17, 15) is 4.79 Å². The van der Waals surface area contributed by atoms with E-state index in [1.54, 1.807) is 0 Å². The second-order valence-electron chi connectivity index (χ2n) is 6.62. The molecule has 1 saturated heterocycles. The van der Waals surface area contributed by atoms with E-state index in [4.69, 9.17) is 9.47 Å². The maximum atomic E-state index is 12.2. The summed E-state index contributed by atoms with van der Waals surface area (Å²) in [5.74, 6) is 0.699. The van der Waals surface area contributed by atoms with Gasteiger partial charge in [0.2, 0.25) is 5.91 Å². The summed E-state index contributed by atoms with van der Waals surface area (Å²) < 4.78 is 11.4. The van der Waals surface area contributed by atoms with Crippen LogP contribution in [0.3, 0.4) is 0 Å². The molecule has 138 valence electrons. The first-order valence-electron chi connectivity index (χ1n) is 9.06. The number of hydrogen-bond acceptors (Lipinski definition) is 4. The number of carbonyl (C=O) groups excluding carboxylic acids is 1. The normalized spacial score (nSPS) is 16.3. The molecule has 0 aliphatic carbocycles. The minimum Gasteiger partial charge on any atom is -0.491 e. The molecular weight excluding hydrogens is 328 g/mol. The van der Waals surface area contributed by atoms with E-state index in [0.29, 0.717) is 6.61 Å². The lowest BCUT2D eigenvalue weighted by Gasteiger charge is -2.13. The molecule has 1 unspecified atom stereocenters. The van der Waals surface area contributed by atoms with Crippen molar-refractivity contribution in [3.8, 4) is 5.75 Å². The van der Waals surface area contributed by atoms with E-state index in [0.717, 1.165) is 47.7 Å². The minimum absolute atomic E-state index is 0.0793. The highest BCUT2D eigenvalue weighted by Gasteiger charge is 2.16. The van der Waals surface area contributed by atoms with Crippen LogP contribution >= 0.6 is 0 Å². The van der Waals surface area contributed by atoms with E-state index in [1.807, 2.05) is 56.3 Å². The van der Waals surface area contributed by atoms with Crippen LogP contribution in [0.1, 0.15) is 24.0 Å². The quantitative estimate of drug-likeness (QED) is 0.791. The molecule has 0 saturated carbocycles. The van der Waals surface area contributed by atoms with Gasteiger partial charge in [-0.25, -0.2) is 0 Å². The van der Waals surface area contributed by atoms with Crippen LogP contribution < -0.4 is 15.4 Å². The molecule has 3 rings (SSSR count). The SMILES string of the molecule is Cc1cccc(NC(=O)CNc2cccc(OCC3CCCO3)c2)c1C. The Morgan fingerprint density at radius 2 is 2.08 bits per heavy atom. The molecule has 1 amide bonds. The average Bonchev–Trinajstić information content (AvgIpc) is 3.16. The predicted octanol–water partition coefficient (Wildman–Crippen LogP) is 3.91. The standard InChI is InChI=1S/C21H26N2O3/c1-15-6-3-10-20(16(15)2)23-21(24)13-22-17-7-4-8-18(12-17)26-14-19-9-5-11-25-19/h3-4,6-8,10,12,19,22H,5,9,11,13-14H2,1-2H3,(H,23,24). The molecule has 0 spiro atoms. The van der Waals surface area contributed by atoms with Gasteiger partial charge in [-0.05, 0) is 56.0 Å². The highest BCUT2D eigenvalue weighted by atomic mass is 16.5. The smallest absolute Gasteiger partial charge is 0.243 e. The molecule has 5 heteroatoms. The largest absolute Gasteiger partial charge is 0.491 e. The van der Waals surface area contributed by atoms with Gasteiger partial charge in [0.05, 0.1) is 12.6 Å². The molecule has 26 heavy (non-hydrogen) atoms. The molecule has 0 bridgehead atoms. The number of carbonyl (C=O) groups is 1. The number of ether oxygens (including phenoxy) is 2. The summed E-state index contributed by atoms with van der Waals surface area (Å²) in [6, 6.07) is 13.5. The molecule has 1 aliphatic heterocycles. The number of aryl methyl sites for hydroxylation is 1. The minimum atomic E-state index is -0.0793. The fourth-order valence-electron chi connectivity index (χ4n) is 2.92. The first kappa shape index (κ1) is 18.3. The zero-order valence-corrected chi connectivity index (χ0v) is 15.4. The van der Waals surface area contributed by atoms with Gasteiger partial charge in [-0.15, -0.1) is 0 Å². The third-order valence-corrected chi connectivity index (χ3v) is 4.63. The third kappa shape index (κ3) is 4.99. The Morgan fingerprint density at radius 3 is 2.88 bits per heavy atom. The summed E-state index contributed by atoms with van der Waals surface area (Å²) in [5, 5.41) is 6.09. The lowest BCUT2D eigenvalue weighted by Crippen LogP contribution is -2.22. The second kappa shape index (κ2) is 8.72. The average molecular weight is 354 g/mol. The Balaban J connectivity index is 1.50. The first-order valence-corrected chi connectivity index (χ1v) is 9.06. The molecule has 2 aromatic rings. The third-order valence-electron chi connectivity index (χ3n) is 4.63. The Labute approximate surface area is 154 Å². The Morgan fingerprint density at radius 1 is 1.23 bits per heavy atom. The van der Waals surface area contributed by atoms with Crippen molar-refractivity contribution in [3.05, 3.63) is 53.6 Å². The van der Waals surface area contributed by atoms with Crippen molar-refractivity contribution < 1.29 is 14.3 Å². The Bertz CT molecular complexity index is 755. The predicted molar refractivity (Wildman–Crippen MR) is 104 cm³/mol. The molecule has 0 radical (unpaired) electrons. The fraction of sp³-hybridized carbons (Fsp3) is 0.381. The Hall–Kier alpha value is -2.53. The number of anilines is 2. The van der Waals surface area contributed by atoms with Crippen LogP contribution in [0, 0.1) is 13.8 Å².